The Morgan fingerprint density at radius 2 is 1.65 bits per heavy atom. The molecule has 1 atom stereocenters. The van der Waals surface area contributed by atoms with E-state index in [0.717, 1.165) is 16.0 Å². The Balaban J connectivity index is 2.33. The van der Waals surface area contributed by atoms with Crippen LogP contribution in [-0.2, 0) is 0 Å². The summed E-state index contributed by atoms with van der Waals surface area (Å²) in [6, 6.07) is 17.4. The van der Waals surface area contributed by atoms with Crippen LogP contribution >= 0.6 is 23.4 Å². The Morgan fingerprint density at radius 3 is 2.35 bits per heavy atom. The molecule has 2 aromatic rings. The SMILES string of the molecule is OC(c1ccccc1)c1ccccc1SCCl. The van der Waals surface area contributed by atoms with Crippen LogP contribution < -0.4 is 0 Å². The van der Waals surface area contributed by atoms with Crippen molar-refractivity contribution in [3.8, 4) is 0 Å². The molecule has 0 fully saturated rings. The van der Waals surface area contributed by atoms with Crippen LogP contribution in [0.15, 0.2) is 59.5 Å². The number of hydrogen-bond donors (Lipinski definition) is 1. The van der Waals surface area contributed by atoms with Crippen LogP contribution in [0.5, 0.6) is 0 Å². The van der Waals surface area contributed by atoms with Gasteiger partial charge in [-0.1, -0.05) is 48.5 Å². The first-order valence-electron chi connectivity index (χ1n) is 5.33. The highest BCUT2D eigenvalue weighted by atomic mass is 35.5. The Hall–Kier alpha value is -0.960. The lowest BCUT2D eigenvalue weighted by Gasteiger charge is -2.14. The van der Waals surface area contributed by atoms with Gasteiger partial charge in [0.1, 0.15) is 6.10 Å². The number of rotatable bonds is 4. The van der Waals surface area contributed by atoms with Crippen LogP contribution in [0.2, 0.25) is 0 Å². The molecule has 0 heterocycles. The zero-order chi connectivity index (χ0) is 12.1. The van der Waals surface area contributed by atoms with Crippen molar-refractivity contribution in [1.29, 1.82) is 0 Å². The maximum Gasteiger partial charge on any atom is 0.105 e. The molecule has 0 aromatic heterocycles. The van der Waals surface area contributed by atoms with Gasteiger partial charge >= 0.3 is 0 Å². The minimum atomic E-state index is -0.594. The van der Waals surface area contributed by atoms with Gasteiger partial charge < -0.3 is 5.11 Å². The van der Waals surface area contributed by atoms with E-state index in [9.17, 15) is 5.11 Å². The Labute approximate surface area is 110 Å². The third kappa shape index (κ3) is 3.03. The number of aliphatic hydroxyl groups excluding tert-OH is 1. The van der Waals surface area contributed by atoms with E-state index in [4.69, 9.17) is 11.6 Å². The maximum absolute atomic E-state index is 10.3. The van der Waals surface area contributed by atoms with E-state index in [1.54, 1.807) is 0 Å². The van der Waals surface area contributed by atoms with Gasteiger partial charge in [-0.15, -0.1) is 23.4 Å². The summed E-state index contributed by atoms with van der Waals surface area (Å²) in [6.07, 6.45) is -0.594. The van der Waals surface area contributed by atoms with E-state index < -0.39 is 6.10 Å². The molecule has 0 aliphatic carbocycles. The molecular weight excluding hydrogens is 252 g/mol. The van der Waals surface area contributed by atoms with Crippen LogP contribution in [0.4, 0.5) is 0 Å². The molecule has 0 saturated carbocycles. The first-order valence-corrected chi connectivity index (χ1v) is 6.85. The lowest BCUT2D eigenvalue weighted by molar-refractivity contribution is 0.217. The Bertz CT molecular complexity index is 473. The van der Waals surface area contributed by atoms with Gasteiger partial charge in [0.05, 0.1) is 5.21 Å². The summed E-state index contributed by atoms with van der Waals surface area (Å²) >= 11 is 7.27. The predicted octanol–water partition coefficient (Wildman–Crippen LogP) is 4.06. The smallest absolute Gasteiger partial charge is 0.105 e. The van der Waals surface area contributed by atoms with Crippen molar-refractivity contribution in [3.63, 3.8) is 0 Å². The topological polar surface area (TPSA) is 20.2 Å². The van der Waals surface area contributed by atoms with E-state index in [1.165, 1.54) is 11.8 Å². The van der Waals surface area contributed by atoms with Crippen molar-refractivity contribution < 1.29 is 5.11 Å². The van der Waals surface area contributed by atoms with Crippen LogP contribution in [0.3, 0.4) is 0 Å². The van der Waals surface area contributed by atoms with Crippen molar-refractivity contribution in [2.24, 2.45) is 0 Å². The summed E-state index contributed by atoms with van der Waals surface area (Å²) < 4.78 is 0. The van der Waals surface area contributed by atoms with E-state index in [1.807, 2.05) is 54.6 Å². The number of alkyl halides is 1. The zero-order valence-electron chi connectivity index (χ0n) is 9.21. The van der Waals surface area contributed by atoms with Crippen LogP contribution in [0.25, 0.3) is 0 Å². The molecule has 1 N–H and O–H groups in total. The molecule has 3 heteroatoms. The highest BCUT2D eigenvalue weighted by Gasteiger charge is 2.13. The molecule has 0 saturated heterocycles. The van der Waals surface area contributed by atoms with Crippen molar-refractivity contribution in [1.82, 2.24) is 0 Å². The number of hydrogen-bond acceptors (Lipinski definition) is 2. The van der Waals surface area contributed by atoms with Crippen molar-refractivity contribution >= 4 is 23.4 Å². The largest absolute Gasteiger partial charge is 0.384 e. The molecule has 2 aromatic carbocycles. The molecule has 0 amide bonds. The Kier molecular flexibility index (Phi) is 4.49. The zero-order valence-corrected chi connectivity index (χ0v) is 10.8. The average molecular weight is 265 g/mol. The van der Waals surface area contributed by atoms with Gasteiger partial charge in [-0.05, 0) is 17.2 Å². The lowest BCUT2D eigenvalue weighted by atomic mass is 10.0. The van der Waals surface area contributed by atoms with Crippen molar-refractivity contribution in [3.05, 3.63) is 65.7 Å². The van der Waals surface area contributed by atoms with Crippen LogP contribution in [0.1, 0.15) is 17.2 Å². The molecule has 88 valence electrons. The summed E-state index contributed by atoms with van der Waals surface area (Å²) in [6.45, 7) is 0. The highest BCUT2D eigenvalue weighted by molar-refractivity contribution is 8.00. The third-order valence-corrected chi connectivity index (χ3v) is 3.66. The van der Waals surface area contributed by atoms with Gasteiger partial charge in [-0.2, -0.15) is 0 Å². The summed E-state index contributed by atoms with van der Waals surface area (Å²) in [5.74, 6) is 0. The lowest BCUT2D eigenvalue weighted by Crippen LogP contribution is -2.00. The maximum atomic E-state index is 10.3. The van der Waals surface area contributed by atoms with Crippen LogP contribution in [-0.4, -0.2) is 10.3 Å². The first kappa shape index (κ1) is 12.5. The summed E-state index contributed by atoms with van der Waals surface area (Å²) in [5, 5.41) is 10.8. The van der Waals surface area contributed by atoms with E-state index in [2.05, 4.69) is 0 Å². The minimum Gasteiger partial charge on any atom is -0.384 e. The molecule has 0 aliphatic heterocycles. The predicted molar refractivity (Wildman–Crippen MR) is 73.5 cm³/mol. The average Bonchev–Trinajstić information content (AvgIpc) is 2.40. The fourth-order valence-electron chi connectivity index (χ4n) is 1.71. The molecule has 1 nitrogen and oxygen atoms in total. The second-order valence-electron chi connectivity index (χ2n) is 3.60. The summed E-state index contributed by atoms with van der Waals surface area (Å²) in [4.78, 5) is 1.03. The number of thioether (sulfide) groups is 1. The molecule has 0 bridgehead atoms. The number of halogens is 1. The highest BCUT2D eigenvalue weighted by Crippen LogP contribution is 2.31. The molecular formula is C14H13ClOS. The van der Waals surface area contributed by atoms with Gasteiger partial charge in [-0.3, -0.25) is 0 Å². The molecule has 17 heavy (non-hydrogen) atoms. The van der Waals surface area contributed by atoms with E-state index in [0.29, 0.717) is 5.21 Å². The monoisotopic (exact) mass is 264 g/mol. The van der Waals surface area contributed by atoms with Crippen molar-refractivity contribution in [2.45, 2.75) is 11.0 Å². The molecule has 1 unspecified atom stereocenters. The number of aliphatic hydroxyl groups is 1. The number of benzene rings is 2. The molecule has 0 radical (unpaired) electrons. The second kappa shape index (κ2) is 6.10. The van der Waals surface area contributed by atoms with Gasteiger partial charge in [0, 0.05) is 4.90 Å². The van der Waals surface area contributed by atoms with Crippen molar-refractivity contribution in [2.75, 3.05) is 5.21 Å². The van der Waals surface area contributed by atoms with Gasteiger partial charge in [0.25, 0.3) is 0 Å². The third-order valence-electron chi connectivity index (χ3n) is 2.54. The summed E-state index contributed by atoms with van der Waals surface area (Å²) in [7, 11) is 0. The quantitative estimate of drug-likeness (QED) is 0.664. The fraction of sp³-hybridized carbons (Fsp3) is 0.143. The molecule has 0 aliphatic rings. The molecule has 0 spiro atoms. The molecule has 2 rings (SSSR count). The van der Waals surface area contributed by atoms with Gasteiger partial charge in [0.2, 0.25) is 0 Å². The second-order valence-corrected chi connectivity index (χ2v) is 5.21. The van der Waals surface area contributed by atoms with Crippen LogP contribution in [0, 0.1) is 0 Å². The van der Waals surface area contributed by atoms with Gasteiger partial charge in [-0.25, -0.2) is 0 Å². The van der Waals surface area contributed by atoms with E-state index in [-0.39, 0.29) is 0 Å². The normalized spacial score (nSPS) is 12.4. The minimum absolute atomic E-state index is 0.485. The Morgan fingerprint density at radius 1 is 1.00 bits per heavy atom. The summed E-state index contributed by atoms with van der Waals surface area (Å²) in [5.41, 5.74) is 1.81. The first-order chi connectivity index (χ1) is 8.33. The standard InChI is InChI=1S/C14H13ClOS/c15-10-17-13-9-5-4-8-12(13)14(16)11-6-2-1-3-7-11/h1-9,14,16H,10H2. The fourth-order valence-corrected chi connectivity index (χ4v) is 2.70. The van der Waals surface area contributed by atoms with E-state index >= 15 is 0 Å². The van der Waals surface area contributed by atoms with Gasteiger partial charge in [0.15, 0.2) is 0 Å².